The van der Waals surface area contributed by atoms with Crippen LogP contribution in [0.5, 0.6) is 0 Å². The van der Waals surface area contributed by atoms with Crippen molar-refractivity contribution >= 4 is 0 Å². The fraction of sp³-hybridized carbons (Fsp3) is 0.300. The standard InChI is InChI=1S/C34H36O4.6CO.2Co/c1-2-13-30-32(35-24-27-16-8-4-9-17-27)34(36-25-28-18-10-5-11-19-28)33-31(38-30)21-12-20-29(37-33)23-22-26-14-6-3-7-15-26;6*1-2;;/h2-11,14-19,29-34H,1,13,21-25H2;;;;;;;;/t29-,30-,31+,32-,33+,34+;;;;;;;;/m0......../s1. The molecular formula is C40H36Co2O10. The minimum Gasteiger partial charge on any atom is 0 e. The van der Waals surface area contributed by atoms with Crippen molar-refractivity contribution in [3.8, 4) is 11.8 Å². The maximum absolute atomic E-state index is 7.50. The molecule has 52 heavy (non-hydrogen) atoms. The molecule has 2 heterocycles. The van der Waals surface area contributed by atoms with Gasteiger partial charge in [0.25, 0.3) is 0 Å². The zero-order chi connectivity index (χ0) is 38.0. The zero-order valence-electron chi connectivity index (χ0n) is 27.9. The number of rotatable bonds is 11. The molecule has 6 atom stereocenters. The summed E-state index contributed by atoms with van der Waals surface area (Å²) in [6.07, 6.45) is 3.38. The van der Waals surface area contributed by atoms with E-state index in [0.29, 0.717) is 26.1 Å². The predicted octanol–water partition coefficient (Wildman–Crippen LogP) is 6.06. The second-order valence-corrected chi connectivity index (χ2v) is 9.90. The van der Waals surface area contributed by atoms with Crippen molar-refractivity contribution in [2.24, 2.45) is 0 Å². The molecular weight excluding hydrogens is 758 g/mol. The molecule has 2 aliphatic rings. The van der Waals surface area contributed by atoms with E-state index in [1.54, 1.807) is 0 Å². The maximum Gasteiger partial charge on any atom is 0 e. The van der Waals surface area contributed by atoms with Crippen molar-refractivity contribution in [2.75, 3.05) is 0 Å². The molecule has 0 saturated carbocycles. The van der Waals surface area contributed by atoms with E-state index in [1.807, 2.05) is 48.5 Å². The van der Waals surface area contributed by atoms with Gasteiger partial charge >= 0.3 is 67.8 Å². The molecule has 5 rings (SSSR count). The van der Waals surface area contributed by atoms with Crippen molar-refractivity contribution in [3.63, 3.8) is 0 Å². The Labute approximate surface area is 326 Å². The Hall–Kier alpha value is -3.75. The van der Waals surface area contributed by atoms with Gasteiger partial charge in [0.05, 0.1) is 25.4 Å². The molecule has 2 aliphatic heterocycles. The third-order valence-electron chi connectivity index (χ3n) is 7.13. The van der Waals surface area contributed by atoms with Crippen LogP contribution in [0.3, 0.4) is 0 Å². The Morgan fingerprint density at radius 1 is 0.635 bits per heavy atom. The maximum atomic E-state index is 7.50. The molecule has 0 N–H and O–H groups in total. The van der Waals surface area contributed by atoms with Crippen molar-refractivity contribution in [2.45, 2.75) is 75.5 Å². The molecule has 0 aliphatic carbocycles. The molecule has 0 unspecified atom stereocenters. The van der Waals surface area contributed by atoms with Gasteiger partial charge in [-0.15, -0.1) is 6.58 Å². The van der Waals surface area contributed by atoms with Gasteiger partial charge in [0.2, 0.25) is 0 Å². The summed E-state index contributed by atoms with van der Waals surface area (Å²) in [5, 5.41) is 0. The number of hydrogen-bond acceptors (Lipinski definition) is 4. The van der Waals surface area contributed by atoms with E-state index in [2.05, 4.69) is 107 Å². The van der Waals surface area contributed by atoms with Gasteiger partial charge in [-0.1, -0.05) is 109 Å². The Morgan fingerprint density at radius 3 is 1.50 bits per heavy atom. The van der Waals surface area contributed by atoms with Crippen molar-refractivity contribution < 1.29 is 80.4 Å². The van der Waals surface area contributed by atoms with Crippen LogP contribution in [0.2, 0.25) is 0 Å². The van der Waals surface area contributed by atoms with E-state index in [-0.39, 0.29) is 70.2 Å². The average Bonchev–Trinajstić information content (AvgIpc) is 3.43. The molecule has 2 radical (unpaired) electrons. The van der Waals surface area contributed by atoms with Gasteiger partial charge in [0.1, 0.15) is 24.4 Å². The first-order valence-electron chi connectivity index (χ1n) is 14.8. The van der Waals surface area contributed by atoms with Crippen LogP contribution in [0.25, 0.3) is 0 Å². The Morgan fingerprint density at radius 2 is 1.06 bits per heavy atom. The fourth-order valence-corrected chi connectivity index (χ4v) is 5.18. The van der Waals surface area contributed by atoms with E-state index < -0.39 is 0 Å². The largest absolute Gasteiger partial charge is 0 e. The molecule has 3 aromatic rings. The van der Waals surface area contributed by atoms with Crippen LogP contribution in [0, 0.1) is 51.7 Å². The molecule has 1 saturated heterocycles. The number of fused-ring (bicyclic) bond motifs is 1. The van der Waals surface area contributed by atoms with Crippen LogP contribution in [0.4, 0.5) is 0 Å². The SMILES string of the molecule is C=CC[C@@H]1O[C@@H]2CC#C[C@@H](CCc3ccccc3)O[C@H]2[C@H](OCc2ccccc2)[C@H]1OCc1ccccc1.[C-]#[O+].[C-]#[O+].[C-]#[O+].[C-]#[O+].[C-]#[O+].[C-]#[O+].[Co].[Co]. The molecule has 0 spiro atoms. The molecule has 1 fully saturated rings. The molecule has 0 amide bonds. The minimum atomic E-state index is -0.316. The summed E-state index contributed by atoms with van der Waals surface area (Å²) in [4.78, 5) is 0. The van der Waals surface area contributed by atoms with E-state index in [1.165, 1.54) is 5.56 Å². The molecule has 3 aromatic carbocycles. The van der Waals surface area contributed by atoms with Crippen molar-refractivity contribution in [1.82, 2.24) is 0 Å². The quantitative estimate of drug-likeness (QED) is 0.100. The smallest absolute Gasteiger partial charge is 0 e. The number of aryl methyl sites for hydroxylation is 1. The van der Waals surface area contributed by atoms with E-state index in [0.717, 1.165) is 24.0 Å². The van der Waals surface area contributed by atoms with E-state index in [4.69, 9.17) is 46.9 Å². The van der Waals surface area contributed by atoms with Gasteiger partial charge in [-0.05, 0) is 36.0 Å². The van der Waals surface area contributed by atoms with Gasteiger partial charge in [-0.3, -0.25) is 0 Å². The third-order valence-corrected chi connectivity index (χ3v) is 7.13. The number of ether oxygens (including phenoxy) is 4. The normalized spacial score (nSPS) is 19.5. The molecule has 10 nitrogen and oxygen atoms in total. The van der Waals surface area contributed by atoms with Gasteiger partial charge in [-0.2, -0.15) is 0 Å². The second kappa shape index (κ2) is 38.5. The Bertz CT molecular complexity index is 1430. The second-order valence-electron chi connectivity index (χ2n) is 9.90. The molecule has 0 bridgehead atoms. The summed E-state index contributed by atoms with van der Waals surface area (Å²) >= 11 is 0. The monoisotopic (exact) mass is 794 g/mol. The first kappa shape index (κ1) is 55.0. The number of hydrogen-bond donors (Lipinski definition) is 0. The van der Waals surface area contributed by atoms with Crippen LogP contribution in [-0.2, 0) is 100 Å². The summed E-state index contributed by atoms with van der Waals surface area (Å²) in [6, 6.07) is 30.9. The van der Waals surface area contributed by atoms with Crippen molar-refractivity contribution in [3.05, 3.63) is 160 Å². The summed E-state index contributed by atoms with van der Waals surface area (Å²) in [5.41, 5.74) is 3.51. The van der Waals surface area contributed by atoms with Crippen LogP contribution >= 0.6 is 0 Å². The zero-order valence-corrected chi connectivity index (χ0v) is 30.0. The first-order chi connectivity index (χ1) is 24.8. The minimum absolute atomic E-state index is 0. The van der Waals surface area contributed by atoms with Crippen LogP contribution < -0.4 is 0 Å². The third kappa shape index (κ3) is 20.3. The first-order valence-corrected chi connectivity index (χ1v) is 14.8. The van der Waals surface area contributed by atoms with E-state index >= 15 is 0 Å². The number of benzene rings is 3. The van der Waals surface area contributed by atoms with Gasteiger partial charge < -0.3 is 18.9 Å². The average molecular weight is 795 g/mol. The van der Waals surface area contributed by atoms with Gasteiger partial charge in [-0.25, -0.2) is 0 Å². The van der Waals surface area contributed by atoms with Crippen molar-refractivity contribution in [1.29, 1.82) is 0 Å². The van der Waals surface area contributed by atoms with Crippen LogP contribution in [0.1, 0.15) is 36.0 Å². The van der Waals surface area contributed by atoms with Gasteiger partial charge in [0.15, 0.2) is 0 Å². The molecule has 12 heteroatoms. The fourth-order valence-electron chi connectivity index (χ4n) is 5.18. The topological polar surface area (TPSA) is 156 Å². The summed E-state index contributed by atoms with van der Waals surface area (Å²) < 4.78 is 71.6. The Balaban J connectivity index is -0.000000749. The van der Waals surface area contributed by atoms with E-state index in [9.17, 15) is 0 Å². The van der Waals surface area contributed by atoms with Crippen LogP contribution in [0.15, 0.2) is 104 Å². The summed E-state index contributed by atoms with van der Waals surface area (Å²) in [5.74, 6) is 6.69. The molecule has 0 aromatic heterocycles. The molecule has 274 valence electrons. The summed E-state index contributed by atoms with van der Waals surface area (Å²) in [6.45, 7) is 31.9. The van der Waals surface area contributed by atoms with Gasteiger partial charge in [0, 0.05) is 40.0 Å². The Kier molecular flexibility index (Phi) is 40.7. The predicted molar refractivity (Wildman–Crippen MR) is 173 cm³/mol. The van der Waals surface area contributed by atoms with Crippen LogP contribution in [-0.4, -0.2) is 36.6 Å². The summed E-state index contributed by atoms with van der Waals surface area (Å²) in [7, 11) is 0.